The fourth-order valence-electron chi connectivity index (χ4n) is 3.59. The molecule has 1 aromatic carbocycles. The monoisotopic (exact) mass is 517 g/mol. The molecule has 6 nitrogen and oxygen atoms in total. The zero-order valence-electron chi connectivity index (χ0n) is 17.2. The van der Waals surface area contributed by atoms with Gasteiger partial charge in [0, 0.05) is 51.7 Å². The van der Waals surface area contributed by atoms with Crippen molar-refractivity contribution in [1.29, 1.82) is 0 Å². The molecule has 0 bridgehead atoms. The minimum Gasteiger partial charge on any atom is -0.357 e. The molecule has 0 spiro atoms. The van der Waals surface area contributed by atoms with E-state index in [0.29, 0.717) is 18.4 Å². The molecule has 1 saturated heterocycles. The highest BCUT2D eigenvalue weighted by Crippen LogP contribution is 2.28. The number of carbonyl (C=O) groups is 1. The van der Waals surface area contributed by atoms with Crippen LogP contribution in [0.2, 0.25) is 0 Å². The minimum absolute atomic E-state index is 0. The fraction of sp³-hybridized carbons (Fsp3) is 0.619. The summed E-state index contributed by atoms with van der Waals surface area (Å²) < 4.78 is 13.3. The normalized spacial score (nSPS) is 18.0. The number of rotatable bonds is 7. The third kappa shape index (κ3) is 7.40. The number of nitrogens with one attached hydrogen (secondary N) is 2. The lowest BCUT2D eigenvalue weighted by Crippen LogP contribution is -2.52. The van der Waals surface area contributed by atoms with Gasteiger partial charge in [-0.15, -0.1) is 24.0 Å². The maximum atomic E-state index is 13.3. The molecular formula is C21H33FIN5O. The lowest BCUT2D eigenvalue weighted by molar-refractivity contribution is -0.139. The molecule has 8 heteroatoms. The van der Waals surface area contributed by atoms with Gasteiger partial charge in [0.1, 0.15) is 5.82 Å². The van der Waals surface area contributed by atoms with Crippen LogP contribution < -0.4 is 10.6 Å². The molecule has 0 radical (unpaired) electrons. The number of nitrogens with zero attached hydrogens (tertiary/aromatic N) is 3. The van der Waals surface area contributed by atoms with Crippen LogP contribution in [0.3, 0.4) is 0 Å². The summed E-state index contributed by atoms with van der Waals surface area (Å²) in [5.41, 5.74) is 0.851. The van der Waals surface area contributed by atoms with Crippen LogP contribution in [0.25, 0.3) is 0 Å². The Morgan fingerprint density at radius 3 is 2.59 bits per heavy atom. The second-order valence-corrected chi connectivity index (χ2v) is 7.55. The van der Waals surface area contributed by atoms with Gasteiger partial charge < -0.3 is 15.5 Å². The van der Waals surface area contributed by atoms with Crippen LogP contribution in [0.5, 0.6) is 0 Å². The first-order valence-electron chi connectivity index (χ1n) is 10.4. The van der Waals surface area contributed by atoms with E-state index in [1.165, 1.54) is 18.6 Å². The standard InChI is InChI=1S/C21H32FN5O.HI/c1-2-23-21(25-16-17-5-3-8-19(22)15-17)24-9-10-26-11-13-27(14-12-26)20(28)18-6-4-7-18;/h3,5,8,15,18H,2,4,6-7,9-14,16H2,1H3,(H2,23,24,25);1H. The van der Waals surface area contributed by atoms with Gasteiger partial charge in [-0.25, -0.2) is 9.38 Å². The van der Waals surface area contributed by atoms with Crippen LogP contribution in [0, 0.1) is 11.7 Å². The lowest BCUT2D eigenvalue weighted by Gasteiger charge is -2.38. The minimum atomic E-state index is -0.236. The number of piperazine rings is 1. The summed E-state index contributed by atoms with van der Waals surface area (Å²) in [5, 5.41) is 6.57. The zero-order valence-corrected chi connectivity index (χ0v) is 19.5. The van der Waals surface area contributed by atoms with E-state index in [1.54, 1.807) is 6.07 Å². The zero-order chi connectivity index (χ0) is 19.8. The van der Waals surface area contributed by atoms with Crippen LogP contribution in [0.1, 0.15) is 31.7 Å². The van der Waals surface area contributed by atoms with Crippen molar-refractivity contribution in [2.24, 2.45) is 10.9 Å². The molecule has 1 heterocycles. The number of amides is 1. The maximum Gasteiger partial charge on any atom is 0.225 e. The molecule has 0 unspecified atom stereocenters. The van der Waals surface area contributed by atoms with Crippen molar-refractivity contribution >= 4 is 35.8 Å². The Morgan fingerprint density at radius 2 is 1.97 bits per heavy atom. The quantitative estimate of drug-likeness (QED) is 0.332. The molecule has 1 aromatic rings. The summed E-state index contributed by atoms with van der Waals surface area (Å²) in [5.74, 6) is 1.17. The number of halogens is 2. The van der Waals surface area contributed by atoms with E-state index >= 15 is 0 Å². The van der Waals surface area contributed by atoms with E-state index in [1.807, 2.05) is 17.9 Å². The van der Waals surface area contributed by atoms with E-state index in [9.17, 15) is 9.18 Å². The van der Waals surface area contributed by atoms with E-state index in [-0.39, 0.29) is 29.8 Å². The SMILES string of the molecule is CCNC(=NCc1cccc(F)c1)NCCN1CCN(C(=O)C2CCC2)CC1.I. The molecular weight excluding hydrogens is 484 g/mol. The highest BCUT2D eigenvalue weighted by atomic mass is 127. The topological polar surface area (TPSA) is 60.0 Å². The summed E-state index contributed by atoms with van der Waals surface area (Å²) in [6.07, 6.45) is 3.35. The third-order valence-corrected chi connectivity index (χ3v) is 5.51. The van der Waals surface area contributed by atoms with Crippen molar-refractivity contribution in [1.82, 2.24) is 20.4 Å². The summed E-state index contributed by atoms with van der Waals surface area (Å²) in [6, 6.07) is 6.53. The van der Waals surface area contributed by atoms with Gasteiger partial charge in [-0.2, -0.15) is 0 Å². The van der Waals surface area contributed by atoms with Gasteiger partial charge in [0.05, 0.1) is 6.54 Å². The summed E-state index contributed by atoms with van der Waals surface area (Å²) in [6.45, 7) is 8.46. The second kappa shape index (κ2) is 12.3. The molecule has 29 heavy (non-hydrogen) atoms. The van der Waals surface area contributed by atoms with Crippen molar-refractivity contribution in [2.45, 2.75) is 32.7 Å². The number of hydrogen-bond acceptors (Lipinski definition) is 3. The number of hydrogen-bond donors (Lipinski definition) is 2. The molecule has 2 aliphatic rings. The lowest BCUT2D eigenvalue weighted by atomic mass is 9.84. The van der Waals surface area contributed by atoms with Crippen LogP contribution in [-0.4, -0.2) is 67.5 Å². The molecule has 2 N–H and O–H groups in total. The largest absolute Gasteiger partial charge is 0.357 e. The number of guanidine groups is 1. The van der Waals surface area contributed by atoms with E-state index in [4.69, 9.17) is 0 Å². The maximum absolute atomic E-state index is 13.3. The number of benzene rings is 1. The predicted octanol–water partition coefficient (Wildman–Crippen LogP) is 2.44. The van der Waals surface area contributed by atoms with Crippen molar-refractivity contribution < 1.29 is 9.18 Å². The molecule has 1 aliphatic heterocycles. The molecule has 162 valence electrons. The van der Waals surface area contributed by atoms with E-state index < -0.39 is 0 Å². The molecule has 1 aliphatic carbocycles. The van der Waals surface area contributed by atoms with Gasteiger partial charge in [-0.05, 0) is 37.5 Å². The highest BCUT2D eigenvalue weighted by molar-refractivity contribution is 14.0. The van der Waals surface area contributed by atoms with Crippen molar-refractivity contribution in [3.63, 3.8) is 0 Å². The Bertz CT molecular complexity index is 675. The first-order chi connectivity index (χ1) is 13.7. The van der Waals surface area contributed by atoms with Crippen LogP contribution in [0.4, 0.5) is 4.39 Å². The van der Waals surface area contributed by atoms with Gasteiger partial charge in [-0.1, -0.05) is 18.6 Å². The summed E-state index contributed by atoms with van der Waals surface area (Å²) in [4.78, 5) is 21.3. The van der Waals surface area contributed by atoms with Gasteiger partial charge in [0.2, 0.25) is 5.91 Å². The Morgan fingerprint density at radius 1 is 1.21 bits per heavy atom. The fourth-order valence-corrected chi connectivity index (χ4v) is 3.59. The predicted molar refractivity (Wildman–Crippen MR) is 125 cm³/mol. The van der Waals surface area contributed by atoms with Crippen LogP contribution in [-0.2, 0) is 11.3 Å². The van der Waals surface area contributed by atoms with Crippen LogP contribution >= 0.6 is 24.0 Å². The molecule has 3 rings (SSSR count). The van der Waals surface area contributed by atoms with Crippen molar-refractivity contribution in [3.8, 4) is 0 Å². The van der Waals surface area contributed by atoms with Gasteiger partial charge in [0.25, 0.3) is 0 Å². The smallest absolute Gasteiger partial charge is 0.225 e. The molecule has 0 aromatic heterocycles. The Kier molecular flexibility index (Phi) is 10.1. The van der Waals surface area contributed by atoms with Crippen LogP contribution in [0.15, 0.2) is 29.3 Å². The van der Waals surface area contributed by atoms with Gasteiger partial charge in [-0.3, -0.25) is 9.69 Å². The molecule has 0 atom stereocenters. The van der Waals surface area contributed by atoms with Crippen molar-refractivity contribution in [2.75, 3.05) is 45.8 Å². The van der Waals surface area contributed by atoms with Gasteiger partial charge >= 0.3 is 0 Å². The second-order valence-electron chi connectivity index (χ2n) is 7.55. The Balaban J connectivity index is 0.00000300. The van der Waals surface area contributed by atoms with E-state index in [2.05, 4.69) is 20.5 Å². The molecule has 1 amide bonds. The van der Waals surface area contributed by atoms with E-state index in [0.717, 1.165) is 70.2 Å². The molecule has 1 saturated carbocycles. The summed E-state index contributed by atoms with van der Waals surface area (Å²) >= 11 is 0. The Hall–Kier alpha value is -1.42. The third-order valence-electron chi connectivity index (χ3n) is 5.51. The van der Waals surface area contributed by atoms with Crippen molar-refractivity contribution in [3.05, 3.63) is 35.6 Å². The van der Waals surface area contributed by atoms with Gasteiger partial charge in [0.15, 0.2) is 5.96 Å². The highest BCUT2D eigenvalue weighted by Gasteiger charge is 2.30. The first-order valence-corrected chi connectivity index (χ1v) is 10.4. The Labute approximate surface area is 190 Å². The average molecular weight is 517 g/mol. The number of carbonyl (C=O) groups excluding carboxylic acids is 1. The first kappa shape index (κ1) is 23.9. The summed E-state index contributed by atoms with van der Waals surface area (Å²) in [7, 11) is 0. The molecule has 2 fully saturated rings. The number of aliphatic imine (C=N–C) groups is 1. The average Bonchev–Trinajstić information content (AvgIpc) is 2.65.